The van der Waals surface area contributed by atoms with Crippen LogP contribution in [-0.4, -0.2) is 24.4 Å². The summed E-state index contributed by atoms with van der Waals surface area (Å²) in [4.78, 5) is 12.0. The molecule has 0 radical (unpaired) electrons. The second-order valence-corrected chi connectivity index (χ2v) is 2.82. The number of hydrogen-bond acceptors (Lipinski definition) is 1. The Labute approximate surface area is 63.2 Å². The Morgan fingerprint density at radius 3 is 2.30 bits per heavy atom. The molecule has 0 aromatic carbocycles. The fourth-order valence-electron chi connectivity index (χ4n) is 1.13. The van der Waals surface area contributed by atoms with E-state index in [9.17, 15) is 4.79 Å². The molecule has 0 unspecified atom stereocenters. The normalized spacial score (nSPS) is 19.9. The summed E-state index contributed by atoms with van der Waals surface area (Å²) in [6.45, 7) is 4.16. The maximum Gasteiger partial charge on any atom is 0.209 e. The van der Waals surface area contributed by atoms with E-state index in [1.807, 2.05) is 4.90 Å². The summed E-state index contributed by atoms with van der Waals surface area (Å²) >= 11 is 0. The van der Waals surface area contributed by atoms with E-state index in [4.69, 9.17) is 0 Å². The first-order chi connectivity index (χ1) is 4.33. The number of nitrogens with zero attached hydrogens (tertiary/aromatic N) is 1. The molecule has 0 atom stereocenters. The van der Waals surface area contributed by atoms with Gasteiger partial charge in [0.25, 0.3) is 0 Å². The van der Waals surface area contributed by atoms with Gasteiger partial charge in [-0.05, 0) is 18.8 Å². The van der Waals surface area contributed by atoms with E-state index < -0.39 is 0 Å². The van der Waals surface area contributed by atoms with Crippen LogP contribution in [0.1, 0.15) is 27.2 Å². The molecule has 2 nitrogen and oxygen atoms in total. The van der Waals surface area contributed by atoms with Crippen molar-refractivity contribution >= 4 is 6.41 Å². The highest BCUT2D eigenvalue weighted by molar-refractivity contribution is 5.46. The lowest BCUT2D eigenvalue weighted by atomic mass is 10.00. The van der Waals surface area contributed by atoms with Crippen molar-refractivity contribution in [3.63, 3.8) is 0 Å². The first-order valence-electron chi connectivity index (χ1n) is 3.52. The van der Waals surface area contributed by atoms with Gasteiger partial charge in [-0.2, -0.15) is 0 Å². The first-order valence-corrected chi connectivity index (χ1v) is 3.52. The third-order valence-corrected chi connectivity index (χ3v) is 1.97. The standard InChI is InChI=1S/C7H13NO.CH4/c1-7-2-4-8(6-9)5-3-7;/h6-7H,2-5H2,1H3;1H4. The van der Waals surface area contributed by atoms with Gasteiger partial charge >= 0.3 is 0 Å². The summed E-state index contributed by atoms with van der Waals surface area (Å²) in [5.74, 6) is 0.821. The molecule has 1 amide bonds. The lowest BCUT2D eigenvalue weighted by Gasteiger charge is -2.26. The molecule has 10 heavy (non-hydrogen) atoms. The van der Waals surface area contributed by atoms with Crippen molar-refractivity contribution in [2.75, 3.05) is 13.1 Å². The van der Waals surface area contributed by atoms with Gasteiger partial charge < -0.3 is 4.90 Å². The minimum atomic E-state index is 0. The van der Waals surface area contributed by atoms with Gasteiger partial charge in [-0.15, -0.1) is 0 Å². The van der Waals surface area contributed by atoms with Crippen molar-refractivity contribution in [2.45, 2.75) is 27.2 Å². The lowest BCUT2D eigenvalue weighted by molar-refractivity contribution is -0.119. The Morgan fingerprint density at radius 2 is 1.90 bits per heavy atom. The van der Waals surface area contributed by atoms with Crippen LogP contribution in [0.3, 0.4) is 0 Å². The number of rotatable bonds is 1. The van der Waals surface area contributed by atoms with E-state index in [1.165, 1.54) is 12.8 Å². The highest BCUT2D eigenvalue weighted by Crippen LogP contribution is 2.13. The topological polar surface area (TPSA) is 20.3 Å². The maximum atomic E-state index is 10.2. The molecule has 0 aromatic rings. The van der Waals surface area contributed by atoms with Gasteiger partial charge in [-0.1, -0.05) is 14.4 Å². The third kappa shape index (κ3) is 2.38. The monoisotopic (exact) mass is 143 g/mol. The van der Waals surface area contributed by atoms with Crippen LogP contribution in [0, 0.1) is 5.92 Å². The molecular weight excluding hydrogens is 126 g/mol. The predicted octanol–water partition coefficient (Wildman–Crippen LogP) is 1.51. The van der Waals surface area contributed by atoms with E-state index >= 15 is 0 Å². The van der Waals surface area contributed by atoms with Crippen LogP contribution in [0.4, 0.5) is 0 Å². The molecule has 1 rings (SSSR count). The molecule has 1 aliphatic rings. The fourth-order valence-corrected chi connectivity index (χ4v) is 1.13. The van der Waals surface area contributed by atoms with Gasteiger partial charge in [-0.3, -0.25) is 4.79 Å². The summed E-state index contributed by atoms with van der Waals surface area (Å²) in [6, 6.07) is 0. The fraction of sp³-hybridized carbons (Fsp3) is 0.875. The molecule has 0 bridgehead atoms. The van der Waals surface area contributed by atoms with Crippen LogP contribution in [0.5, 0.6) is 0 Å². The van der Waals surface area contributed by atoms with Crippen LogP contribution in [0.2, 0.25) is 0 Å². The van der Waals surface area contributed by atoms with Crippen molar-refractivity contribution < 1.29 is 4.79 Å². The quantitative estimate of drug-likeness (QED) is 0.509. The first kappa shape index (κ1) is 9.47. The summed E-state index contributed by atoms with van der Waals surface area (Å²) in [6.07, 6.45) is 3.31. The zero-order valence-corrected chi connectivity index (χ0v) is 5.84. The number of piperidine rings is 1. The van der Waals surface area contributed by atoms with Crippen molar-refractivity contribution in [2.24, 2.45) is 5.92 Å². The highest BCUT2D eigenvalue weighted by Gasteiger charge is 2.12. The molecule has 1 saturated heterocycles. The van der Waals surface area contributed by atoms with Crippen molar-refractivity contribution in [1.82, 2.24) is 4.90 Å². The van der Waals surface area contributed by atoms with Crippen LogP contribution in [0.15, 0.2) is 0 Å². The SMILES string of the molecule is C.CC1CCN(C=O)CC1. The molecule has 1 aliphatic heterocycles. The molecule has 0 saturated carbocycles. The van der Waals surface area contributed by atoms with E-state index in [2.05, 4.69) is 6.92 Å². The van der Waals surface area contributed by atoms with Crippen molar-refractivity contribution in [1.29, 1.82) is 0 Å². The molecule has 0 aromatic heterocycles. The van der Waals surface area contributed by atoms with Crippen LogP contribution in [-0.2, 0) is 4.79 Å². The summed E-state index contributed by atoms with van der Waals surface area (Å²) in [5.41, 5.74) is 0. The predicted molar refractivity (Wildman–Crippen MR) is 42.8 cm³/mol. The number of carbonyl (C=O) groups excluding carboxylic acids is 1. The highest BCUT2D eigenvalue weighted by atomic mass is 16.1. The average molecular weight is 143 g/mol. The van der Waals surface area contributed by atoms with Gasteiger partial charge in [0.15, 0.2) is 0 Å². The minimum absolute atomic E-state index is 0. The Bertz CT molecular complexity index is 95.4. The van der Waals surface area contributed by atoms with Gasteiger partial charge in [-0.25, -0.2) is 0 Å². The number of hydrogen-bond donors (Lipinski definition) is 0. The summed E-state index contributed by atoms with van der Waals surface area (Å²) in [7, 11) is 0. The molecule has 1 fully saturated rings. The zero-order chi connectivity index (χ0) is 6.69. The second-order valence-electron chi connectivity index (χ2n) is 2.82. The average Bonchev–Trinajstić information content (AvgIpc) is 1.90. The van der Waals surface area contributed by atoms with E-state index in [0.717, 1.165) is 25.4 Å². The molecule has 1 heterocycles. The molecule has 0 spiro atoms. The van der Waals surface area contributed by atoms with Gasteiger partial charge in [0, 0.05) is 13.1 Å². The van der Waals surface area contributed by atoms with Crippen molar-refractivity contribution in [3.8, 4) is 0 Å². The Balaban J connectivity index is 0.000000810. The molecular formula is C8H17NO. The number of likely N-dealkylation sites (tertiary alicyclic amines) is 1. The molecule has 2 heteroatoms. The van der Waals surface area contributed by atoms with Crippen LogP contribution in [0.25, 0.3) is 0 Å². The largest absolute Gasteiger partial charge is 0.345 e. The van der Waals surface area contributed by atoms with Gasteiger partial charge in [0.2, 0.25) is 6.41 Å². The van der Waals surface area contributed by atoms with Crippen LogP contribution < -0.4 is 0 Å². The number of carbonyl (C=O) groups is 1. The van der Waals surface area contributed by atoms with Gasteiger partial charge in [0.1, 0.15) is 0 Å². The number of amides is 1. The minimum Gasteiger partial charge on any atom is -0.345 e. The van der Waals surface area contributed by atoms with E-state index in [1.54, 1.807) is 0 Å². The Morgan fingerprint density at radius 1 is 1.40 bits per heavy atom. The van der Waals surface area contributed by atoms with E-state index in [-0.39, 0.29) is 7.43 Å². The molecule has 0 aliphatic carbocycles. The second kappa shape index (κ2) is 4.31. The van der Waals surface area contributed by atoms with Gasteiger partial charge in [0.05, 0.1) is 0 Å². The summed E-state index contributed by atoms with van der Waals surface area (Å²) in [5, 5.41) is 0. The van der Waals surface area contributed by atoms with Crippen molar-refractivity contribution in [3.05, 3.63) is 0 Å². The lowest BCUT2D eigenvalue weighted by Crippen LogP contribution is -2.31. The summed E-state index contributed by atoms with van der Waals surface area (Å²) < 4.78 is 0. The Hall–Kier alpha value is -0.530. The van der Waals surface area contributed by atoms with E-state index in [0.29, 0.717) is 0 Å². The van der Waals surface area contributed by atoms with Crippen LogP contribution >= 0.6 is 0 Å². The third-order valence-electron chi connectivity index (χ3n) is 1.97. The smallest absolute Gasteiger partial charge is 0.209 e. The zero-order valence-electron chi connectivity index (χ0n) is 5.84. The maximum absolute atomic E-state index is 10.2. The Kier molecular flexibility index (Phi) is 4.08. The molecule has 0 N–H and O–H groups in total. The molecule has 60 valence electrons.